The van der Waals surface area contributed by atoms with Crippen LogP contribution in [0.1, 0.15) is 38.7 Å². The molecule has 1 aromatic heterocycles. The first-order valence-corrected chi connectivity index (χ1v) is 7.92. The minimum atomic E-state index is -0.674. The molecule has 0 spiro atoms. The molecule has 0 radical (unpaired) electrons. The number of allylic oxidation sites excluding steroid dienone is 1. The van der Waals surface area contributed by atoms with E-state index >= 15 is 0 Å². The fourth-order valence-electron chi connectivity index (χ4n) is 2.93. The first kappa shape index (κ1) is 17.8. The molecule has 1 aliphatic heterocycles. The molecular weight excluding hydrogens is 308 g/mol. The molecule has 6 nitrogen and oxygen atoms in total. The number of ether oxygens (including phenoxy) is 2. The third-order valence-corrected chi connectivity index (χ3v) is 3.98. The Kier molecular flexibility index (Phi) is 5.84. The molecule has 2 rings (SSSR count). The second-order valence-electron chi connectivity index (χ2n) is 5.65. The molecule has 0 N–H and O–H groups in total. The van der Waals surface area contributed by atoms with Crippen molar-refractivity contribution in [2.75, 3.05) is 13.7 Å². The Labute approximate surface area is 141 Å². The Bertz CT molecular complexity index is 680. The summed E-state index contributed by atoms with van der Waals surface area (Å²) < 4.78 is 10.3. The van der Waals surface area contributed by atoms with Crippen LogP contribution in [0.15, 0.2) is 40.8 Å². The third-order valence-electron chi connectivity index (χ3n) is 3.98. The molecule has 1 aromatic rings. The van der Waals surface area contributed by atoms with Gasteiger partial charge in [0.05, 0.1) is 19.3 Å². The maximum absolute atomic E-state index is 12.6. The average molecular weight is 330 g/mol. The van der Waals surface area contributed by atoms with Crippen LogP contribution in [-0.4, -0.2) is 36.4 Å². The number of nitrogens with zero attached hydrogens (tertiary/aromatic N) is 2. The fourth-order valence-corrected chi connectivity index (χ4v) is 2.93. The van der Waals surface area contributed by atoms with Gasteiger partial charge in [-0.05, 0) is 31.9 Å². The zero-order chi connectivity index (χ0) is 17.7. The number of methoxy groups -OCH3 is 1. The Hall–Kier alpha value is -2.50. The van der Waals surface area contributed by atoms with Crippen molar-refractivity contribution in [2.24, 2.45) is 10.9 Å². The van der Waals surface area contributed by atoms with E-state index in [2.05, 4.69) is 9.98 Å². The Morgan fingerprint density at radius 2 is 2.04 bits per heavy atom. The molecule has 0 aromatic carbocycles. The molecule has 0 amide bonds. The van der Waals surface area contributed by atoms with Crippen molar-refractivity contribution >= 4 is 17.7 Å². The monoisotopic (exact) mass is 330 g/mol. The Morgan fingerprint density at radius 1 is 1.29 bits per heavy atom. The van der Waals surface area contributed by atoms with Crippen LogP contribution in [0.3, 0.4) is 0 Å². The molecule has 24 heavy (non-hydrogen) atoms. The van der Waals surface area contributed by atoms with E-state index in [0.29, 0.717) is 23.6 Å². The SMILES string of the molecule is CCCOC(=O)C1=C(C)N=C(C)C(C(=O)OC)C1c1cccnc1. The predicted molar refractivity (Wildman–Crippen MR) is 89.5 cm³/mol. The van der Waals surface area contributed by atoms with E-state index in [4.69, 9.17) is 9.47 Å². The van der Waals surface area contributed by atoms with Gasteiger partial charge in [0.1, 0.15) is 5.92 Å². The summed E-state index contributed by atoms with van der Waals surface area (Å²) in [5.74, 6) is -2.08. The number of aromatic nitrogens is 1. The normalized spacial score (nSPS) is 20.4. The van der Waals surface area contributed by atoms with Crippen LogP contribution >= 0.6 is 0 Å². The van der Waals surface area contributed by atoms with E-state index in [9.17, 15) is 9.59 Å². The summed E-state index contributed by atoms with van der Waals surface area (Å²) in [7, 11) is 1.33. The van der Waals surface area contributed by atoms with Crippen molar-refractivity contribution in [3.8, 4) is 0 Å². The molecule has 0 aliphatic carbocycles. The highest BCUT2D eigenvalue weighted by Gasteiger charge is 2.42. The van der Waals surface area contributed by atoms with Gasteiger partial charge in [-0.25, -0.2) is 4.79 Å². The molecule has 0 fully saturated rings. The fraction of sp³-hybridized carbons (Fsp3) is 0.444. The molecule has 2 unspecified atom stereocenters. The first-order chi connectivity index (χ1) is 11.5. The van der Waals surface area contributed by atoms with Gasteiger partial charge in [0, 0.05) is 29.7 Å². The Balaban J connectivity index is 2.56. The predicted octanol–water partition coefficient (Wildman–Crippen LogP) is 2.66. The second-order valence-corrected chi connectivity index (χ2v) is 5.65. The molecule has 0 bridgehead atoms. The topological polar surface area (TPSA) is 77.8 Å². The standard InChI is InChI=1S/C18H22N2O4/c1-5-9-24-18(22)15-12(3)20-11(2)14(17(21)23-4)16(15)13-7-6-8-19-10-13/h6-8,10,14,16H,5,9H2,1-4H3. The van der Waals surface area contributed by atoms with Gasteiger partial charge in [-0.2, -0.15) is 0 Å². The molecule has 6 heteroatoms. The summed E-state index contributed by atoms with van der Waals surface area (Å²) in [4.78, 5) is 33.5. The summed E-state index contributed by atoms with van der Waals surface area (Å²) in [5, 5.41) is 0. The van der Waals surface area contributed by atoms with Gasteiger partial charge in [-0.15, -0.1) is 0 Å². The second kappa shape index (κ2) is 7.86. The minimum absolute atomic E-state index is 0.320. The molecule has 2 heterocycles. The smallest absolute Gasteiger partial charge is 0.336 e. The molecule has 0 saturated heterocycles. The maximum Gasteiger partial charge on any atom is 0.336 e. The van der Waals surface area contributed by atoms with Gasteiger partial charge in [0.15, 0.2) is 0 Å². The van der Waals surface area contributed by atoms with Crippen molar-refractivity contribution in [1.29, 1.82) is 0 Å². The quantitative estimate of drug-likeness (QED) is 0.776. The lowest BCUT2D eigenvalue weighted by Gasteiger charge is -2.31. The lowest BCUT2D eigenvalue weighted by Crippen LogP contribution is -2.36. The number of pyridine rings is 1. The lowest BCUT2D eigenvalue weighted by molar-refractivity contribution is -0.144. The molecule has 0 saturated carbocycles. The van der Waals surface area contributed by atoms with E-state index in [1.165, 1.54) is 7.11 Å². The number of carbonyl (C=O) groups is 2. The summed E-state index contributed by atoms with van der Waals surface area (Å²) in [5.41, 5.74) is 2.31. The van der Waals surface area contributed by atoms with E-state index in [0.717, 1.165) is 12.0 Å². The molecular formula is C18H22N2O4. The van der Waals surface area contributed by atoms with Crippen LogP contribution in [0.2, 0.25) is 0 Å². The van der Waals surface area contributed by atoms with Gasteiger partial charge >= 0.3 is 11.9 Å². The van der Waals surface area contributed by atoms with Crippen molar-refractivity contribution in [3.05, 3.63) is 41.4 Å². The van der Waals surface area contributed by atoms with Crippen molar-refractivity contribution in [3.63, 3.8) is 0 Å². The number of carbonyl (C=O) groups excluding carboxylic acids is 2. The largest absolute Gasteiger partial charge is 0.468 e. The summed E-state index contributed by atoms with van der Waals surface area (Å²) in [6.07, 6.45) is 4.02. The van der Waals surface area contributed by atoms with Crippen LogP contribution in [0, 0.1) is 5.92 Å². The van der Waals surface area contributed by atoms with Gasteiger partial charge in [0.25, 0.3) is 0 Å². The van der Waals surface area contributed by atoms with Gasteiger partial charge in [-0.1, -0.05) is 13.0 Å². The number of hydrogen-bond acceptors (Lipinski definition) is 6. The third kappa shape index (κ3) is 3.53. The first-order valence-electron chi connectivity index (χ1n) is 7.92. The van der Waals surface area contributed by atoms with Gasteiger partial charge in [-0.3, -0.25) is 14.8 Å². The van der Waals surface area contributed by atoms with Gasteiger partial charge in [0.2, 0.25) is 0 Å². The van der Waals surface area contributed by atoms with Crippen LogP contribution in [0.4, 0.5) is 0 Å². The van der Waals surface area contributed by atoms with Crippen molar-refractivity contribution in [1.82, 2.24) is 4.98 Å². The van der Waals surface area contributed by atoms with E-state index in [1.807, 2.05) is 13.0 Å². The van der Waals surface area contributed by atoms with Crippen molar-refractivity contribution in [2.45, 2.75) is 33.1 Å². The summed E-state index contributed by atoms with van der Waals surface area (Å²) in [6.45, 7) is 5.76. The Morgan fingerprint density at radius 3 is 2.62 bits per heavy atom. The number of hydrogen-bond donors (Lipinski definition) is 0. The summed E-state index contributed by atoms with van der Waals surface area (Å²) in [6, 6.07) is 3.61. The van der Waals surface area contributed by atoms with Crippen LogP contribution < -0.4 is 0 Å². The van der Waals surface area contributed by atoms with E-state index in [-0.39, 0.29) is 0 Å². The number of esters is 2. The van der Waals surface area contributed by atoms with Crippen molar-refractivity contribution < 1.29 is 19.1 Å². The molecule has 2 atom stereocenters. The van der Waals surface area contributed by atoms with Gasteiger partial charge < -0.3 is 9.47 Å². The highest BCUT2D eigenvalue weighted by Crippen LogP contribution is 2.39. The maximum atomic E-state index is 12.6. The highest BCUT2D eigenvalue weighted by molar-refractivity contribution is 6.06. The van der Waals surface area contributed by atoms with E-state index in [1.54, 1.807) is 32.3 Å². The van der Waals surface area contributed by atoms with Crippen LogP contribution in [0.25, 0.3) is 0 Å². The molecule has 1 aliphatic rings. The number of aliphatic imine (C=N–C) groups is 1. The van der Waals surface area contributed by atoms with Crippen LogP contribution in [-0.2, 0) is 19.1 Å². The van der Waals surface area contributed by atoms with E-state index < -0.39 is 23.8 Å². The summed E-state index contributed by atoms with van der Waals surface area (Å²) >= 11 is 0. The number of rotatable bonds is 5. The lowest BCUT2D eigenvalue weighted by atomic mass is 9.76. The average Bonchev–Trinajstić information content (AvgIpc) is 2.59. The minimum Gasteiger partial charge on any atom is -0.468 e. The zero-order valence-corrected chi connectivity index (χ0v) is 14.4. The molecule has 128 valence electrons. The van der Waals surface area contributed by atoms with Crippen LogP contribution in [0.5, 0.6) is 0 Å². The highest BCUT2D eigenvalue weighted by atomic mass is 16.5. The zero-order valence-electron chi connectivity index (χ0n) is 14.4.